The normalized spacial score (nSPS) is 16.0. The average molecular weight is 919 g/mol. The number of nitrogens with zero attached hydrogens (tertiary/aromatic N) is 2. The molecule has 0 unspecified atom stereocenters. The van der Waals surface area contributed by atoms with Gasteiger partial charge in [0.15, 0.2) is 0 Å². The molecule has 2 atom stereocenters. The molecule has 360 valence electrons. The second-order valence-corrected chi connectivity index (χ2v) is 22.5. The lowest BCUT2D eigenvalue weighted by Crippen LogP contribution is -2.63. The predicted octanol–water partition coefficient (Wildman–Crippen LogP) is 15.9. The molecule has 0 bridgehead atoms. The first kappa shape index (κ1) is 55.5. The molecule has 0 heterocycles. The zero-order valence-corrected chi connectivity index (χ0v) is 42.7. The molecule has 0 aliphatic heterocycles. The quantitative estimate of drug-likeness (QED) is 0.0497. The number of hydrogen-bond donors (Lipinski definition) is 0. The van der Waals surface area contributed by atoms with Crippen LogP contribution in [0.1, 0.15) is 205 Å². The lowest BCUT2D eigenvalue weighted by Gasteiger charge is -2.51. The molecule has 1 saturated carbocycles. The molecule has 0 saturated heterocycles. The van der Waals surface area contributed by atoms with Crippen molar-refractivity contribution in [1.82, 2.24) is 8.61 Å². The molecular weight excluding hydrogens is 829 g/mol. The highest BCUT2D eigenvalue weighted by atomic mass is 32.2. The fourth-order valence-electron chi connectivity index (χ4n) is 8.87. The maximum atomic E-state index is 14.6. The molecule has 2 aromatic carbocycles. The number of allylic oxidation sites excluding steroid dienone is 4. The molecule has 3 rings (SSSR count). The molecule has 0 amide bonds. The molecule has 6 nitrogen and oxygen atoms in total. The Labute approximate surface area is 394 Å². The second-order valence-electron chi connectivity index (χ2n) is 18.7. The molecule has 8 heteroatoms. The third-order valence-electron chi connectivity index (χ3n) is 13.1. The molecule has 0 aromatic heterocycles. The monoisotopic (exact) mass is 919 g/mol. The van der Waals surface area contributed by atoms with Crippen LogP contribution in [-0.4, -0.2) is 50.6 Å². The molecule has 2 aromatic rings. The van der Waals surface area contributed by atoms with E-state index in [1.54, 1.807) is 32.9 Å². The van der Waals surface area contributed by atoms with E-state index in [-0.39, 0.29) is 22.9 Å². The minimum Gasteiger partial charge on any atom is -0.207 e. The van der Waals surface area contributed by atoms with E-state index in [1.165, 1.54) is 103 Å². The maximum absolute atomic E-state index is 14.6. The second kappa shape index (κ2) is 32.0. The van der Waals surface area contributed by atoms with Crippen molar-refractivity contribution >= 4 is 20.0 Å². The molecule has 64 heavy (non-hydrogen) atoms. The van der Waals surface area contributed by atoms with Crippen LogP contribution in [0.3, 0.4) is 0 Å². The highest BCUT2D eigenvalue weighted by Gasteiger charge is 2.52. The standard InChI is InChI=1S/C56H90N2O4S2/c1-7-9-11-13-15-17-19-21-23-25-27-29-31-33-35-37-47-57(63(59,60)53-43-39-49(3)40-44-53)55-51(5)52(6)56(55)58(64(61,62)54-45-41-50(4)42-46-54)48-38-36-34-32-30-28-26-24-22-20-18-16-14-12-10-8-2/h21-24,39-46,55-56H,5-20,25-38,47-48H2,1-4H3/b23-21-,24-22-/t55-,56-/m1/s1. The van der Waals surface area contributed by atoms with E-state index >= 15 is 0 Å². The van der Waals surface area contributed by atoms with Crippen molar-refractivity contribution < 1.29 is 16.8 Å². The van der Waals surface area contributed by atoms with Gasteiger partial charge in [-0.15, -0.1) is 0 Å². The van der Waals surface area contributed by atoms with E-state index in [0.29, 0.717) is 24.0 Å². The first-order chi connectivity index (χ1) is 31.0. The fraction of sp³-hybridized carbons (Fsp3) is 0.643. The van der Waals surface area contributed by atoms with Crippen LogP contribution in [0.2, 0.25) is 0 Å². The Kier molecular flexibility index (Phi) is 27.8. The number of unbranched alkanes of at least 4 members (excludes halogenated alkanes) is 24. The number of hydrogen-bond acceptors (Lipinski definition) is 4. The van der Waals surface area contributed by atoms with Crippen LogP contribution in [-0.2, 0) is 20.0 Å². The zero-order valence-electron chi connectivity index (χ0n) is 41.1. The minimum absolute atomic E-state index is 0.216. The van der Waals surface area contributed by atoms with Crippen molar-refractivity contribution in [1.29, 1.82) is 0 Å². The minimum atomic E-state index is -3.99. The summed E-state index contributed by atoms with van der Waals surface area (Å²) in [6.07, 6.45) is 42.1. The summed E-state index contributed by atoms with van der Waals surface area (Å²) in [6.45, 7) is 17.6. The van der Waals surface area contributed by atoms with Crippen LogP contribution >= 0.6 is 0 Å². The van der Waals surface area contributed by atoms with Gasteiger partial charge in [0.05, 0.1) is 21.9 Å². The van der Waals surface area contributed by atoms with Gasteiger partial charge in [-0.1, -0.05) is 202 Å². The molecule has 1 aliphatic carbocycles. The van der Waals surface area contributed by atoms with Gasteiger partial charge in [0.2, 0.25) is 20.0 Å². The predicted molar refractivity (Wildman–Crippen MR) is 275 cm³/mol. The van der Waals surface area contributed by atoms with Gasteiger partial charge < -0.3 is 0 Å². The number of aryl methyl sites for hydroxylation is 2. The molecule has 0 N–H and O–H groups in total. The van der Waals surface area contributed by atoms with Crippen LogP contribution in [0.4, 0.5) is 0 Å². The summed E-state index contributed by atoms with van der Waals surface area (Å²) in [4.78, 5) is 0.431. The molecular formula is C56H90N2O4S2. The highest BCUT2D eigenvalue weighted by Crippen LogP contribution is 2.43. The first-order valence-corrected chi connectivity index (χ1v) is 28.7. The van der Waals surface area contributed by atoms with E-state index in [0.717, 1.165) is 75.3 Å². The summed E-state index contributed by atoms with van der Waals surface area (Å²) in [5, 5.41) is 0. The summed E-state index contributed by atoms with van der Waals surface area (Å²) in [6, 6.07) is 12.5. The number of benzene rings is 2. The van der Waals surface area contributed by atoms with Crippen molar-refractivity contribution in [2.45, 2.75) is 229 Å². The van der Waals surface area contributed by atoms with Gasteiger partial charge in [0, 0.05) is 13.1 Å². The smallest absolute Gasteiger partial charge is 0.207 e. The fourth-order valence-corrected chi connectivity index (χ4v) is 12.2. The third kappa shape index (κ3) is 19.6. The topological polar surface area (TPSA) is 74.8 Å². The van der Waals surface area contributed by atoms with E-state index in [2.05, 4.69) is 51.3 Å². The van der Waals surface area contributed by atoms with Crippen molar-refractivity contribution in [2.75, 3.05) is 13.1 Å². The van der Waals surface area contributed by atoms with Crippen molar-refractivity contribution in [2.24, 2.45) is 0 Å². The summed E-state index contributed by atoms with van der Waals surface area (Å²) in [5.74, 6) is 0. The largest absolute Gasteiger partial charge is 0.243 e. The lowest BCUT2D eigenvalue weighted by molar-refractivity contribution is 0.199. The maximum Gasteiger partial charge on any atom is 0.243 e. The van der Waals surface area contributed by atoms with E-state index in [1.807, 2.05) is 38.1 Å². The van der Waals surface area contributed by atoms with Crippen LogP contribution in [0.5, 0.6) is 0 Å². The number of sulfonamides is 2. The summed E-state index contributed by atoms with van der Waals surface area (Å²) >= 11 is 0. The third-order valence-corrected chi connectivity index (χ3v) is 16.9. The Morgan fingerprint density at radius 1 is 0.406 bits per heavy atom. The van der Waals surface area contributed by atoms with Crippen LogP contribution in [0.25, 0.3) is 0 Å². The van der Waals surface area contributed by atoms with Gasteiger partial charge in [-0.3, -0.25) is 0 Å². The Bertz CT molecular complexity index is 1730. The first-order valence-electron chi connectivity index (χ1n) is 25.8. The van der Waals surface area contributed by atoms with Crippen LogP contribution < -0.4 is 0 Å². The molecule has 0 spiro atoms. The van der Waals surface area contributed by atoms with E-state index in [4.69, 9.17) is 0 Å². The summed E-state index contributed by atoms with van der Waals surface area (Å²) < 4.78 is 61.7. The van der Waals surface area contributed by atoms with Gasteiger partial charge >= 0.3 is 0 Å². The number of rotatable bonds is 38. The Morgan fingerprint density at radius 3 is 0.938 bits per heavy atom. The Hall–Kier alpha value is -2.78. The van der Waals surface area contributed by atoms with Gasteiger partial charge in [-0.05, 0) is 113 Å². The molecule has 1 fully saturated rings. The highest BCUT2D eigenvalue weighted by molar-refractivity contribution is 7.89. The molecule has 1 aliphatic rings. The van der Waals surface area contributed by atoms with Gasteiger partial charge in [0.25, 0.3) is 0 Å². The molecule has 0 radical (unpaired) electrons. The average Bonchev–Trinajstić information content (AvgIpc) is 3.28. The van der Waals surface area contributed by atoms with Gasteiger partial charge in [-0.2, -0.15) is 8.61 Å². The van der Waals surface area contributed by atoms with Crippen LogP contribution in [0.15, 0.2) is 107 Å². The summed E-state index contributed by atoms with van der Waals surface area (Å²) in [7, 11) is -7.98. The van der Waals surface area contributed by atoms with Gasteiger partial charge in [-0.25, -0.2) is 16.8 Å². The van der Waals surface area contributed by atoms with Gasteiger partial charge in [0.1, 0.15) is 0 Å². The Balaban J connectivity index is 1.63. The van der Waals surface area contributed by atoms with Crippen molar-refractivity contribution in [3.05, 3.63) is 108 Å². The summed E-state index contributed by atoms with van der Waals surface area (Å²) in [5.41, 5.74) is 3.14. The van der Waals surface area contributed by atoms with Crippen LogP contribution in [0, 0.1) is 13.8 Å². The lowest BCUT2D eigenvalue weighted by atomic mass is 9.76. The Morgan fingerprint density at radius 2 is 0.656 bits per heavy atom. The van der Waals surface area contributed by atoms with E-state index < -0.39 is 32.1 Å². The zero-order chi connectivity index (χ0) is 46.5. The van der Waals surface area contributed by atoms with Crippen molar-refractivity contribution in [3.8, 4) is 0 Å². The van der Waals surface area contributed by atoms with E-state index in [9.17, 15) is 16.8 Å². The SMILES string of the molecule is C=C1C(=C)[C@@H](N(CCCCCCCC/C=C\CCCCCCCC)S(=O)(=O)c2ccc(C)cc2)[C@@H]1N(CCCCCCCC/C=C\CCCCCCCC)S(=O)(=O)c1ccc(C)cc1. The van der Waals surface area contributed by atoms with Crippen molar-refractivity contribution in [3.63, 3.8) is 0 Å².